The molecule has 0 amide bonds. The number of aryl methyl sites for hydroxylation is 2. The minimum absolute atomic E-state index is 0.231. The van der Waals surface area contributed by atoms with Gasteiger partial charge in [0, 0.05) is 41.0 Å². The molecule has 0 radical (unpaired) electrons. The molecule has 0 unspecified atom stereocenters. The summed E-state index contributed by atoms with van der Waals surface area (Å²) in [6, 6.07) is 17.7. The second-order valence-electron chi connectivity index (χ2n) is 8.95. The van der Waals surface area contributed by atoms with E-state index in [0.717, 1.165) is 76.2 Å². The van der Waals surface area contributed by atoms with Crippen LogP contribution in [-0.4, -0.2) is 18.3 Å². The monoisotopic (exact) mass is 480 g/mol. The quantitative estimate of drug-likeness (QED) is 0.247. The number of aromatic hydroxyl groups is 1. The highest BCUT2D eigenvalue weighted by Crippen LogP contribution is 2.37. The first-order valence-corrected chi connectivity index (χ1v) is 12.8. The van der Waals surface area contributed by atoms with Crippen LogP contribution in [0.3, 0.4) is 0 Å². The average Bonchev–Trinajstić information content (AvgIpc) is 3.09. The summed E-state index contributed by atoms with van der Waals surface area (Å²) in [4.78, 5) is 0. The van der Waals surface area contributed by atoms with E-state index in [2.05, 4.69) is 38.2 Å². The predicted octanol–water partition coefficient (Wildman–Crippen LogP) is 7.90. The Balaban J connectivity index is 1.25. The molecule has 4 nitrogen and oxygen atoms in total. The van der Waals surface area contributed by atoms with Crippen molar-refractivity contribution in [2.75, 3.05) is 13.2 Å². The standard InChI is InChI=1S/C32H32O4/c1-3-22-20-26(23-12-7-5-8-13-23)27(33)21-31(22)35-19-11-18-34-28-16-17-30-32(24(28)4-2)25-14-9-6-10-15-29(25)36-30/h5-10,12-14,16-17,20-21,33H,3-4,11,15,18-19H2,1-2H3. The number of fused-ring (bicyclic) bond motifs is 3. The molecule has 4 aromatic rings. The lowest BCUT2D eigenvalue weighted by Crippen LogP contribution is -2.07. The van der Waals surface area contributed by atoms with E-state index in [-0.39, 0.29) is 5.75 Å². The molecule has 4 heteroatoms. The van der Waals surface area contributed by atoms with Crippen molar-refractivity contribution in [3.63, 3.8) is 0 Å². The van der Waals surface area contributed by atoms with Crippen molar-refractivity contribution in [3.05, 3.63) is 95.3 Å². The SMILES string of the molecule is CCc1cc(-c2ccccc2)c(O)cc1OCCCOc1ccc2oc3c(c2c1CC)C=CC=CC3. The molecule has 3 aromatic carbocycles. The van der Waals surface area contributed by atoms with Crippen molar-refractivity contribution in [3.8, 4) is 28.4 Å². The zero-order valence-electron chi connectivity index (χ0n) is 20.9. The third kappa shape index (κ3) is 4.76. The van der Waals surface area contributed by atoms with Crippen LogP contribution in [0, 0.1) is 0 Å². The maximum atomic E-state index is 10.6. The zero-order chi connectivity index (χ0) is 24.9. The van der Waals surface area contributed by atoms with Crippen LogP contribution in [-0.2, 0) is 19.3 Å². The smallest absolute Gasteiger partial charge is 0.135 e. The number of hydrogen-bond acceptors (Lipinski definition) is 4. The first-order valence-electron chi connectivity index (χ1n) is 12.8. The van der Waals surface area contributed by atoms with Crippen molar-refractivity contribution in [2.24, 2.45) is 0 Å². The fourth-order valence-electron chi connectivity index (χ4n) is 4.83. The molecule has 36 heavy (non-hydrogen) atoms. The molecular weight excluding hydrogens is 448 g/mol. The normalized spacial score (nSPS) is 12.5. The molecule has 1 aliphatic rings. The molecular formula is C32H32O4. The van der Waals surface area contributed by atoms with Crippen molar-refractivity contribution in [2.45, 2.75) is 39.5 Å². The van der Waals surface area contributed by atoms with E-state index in [1.165, 1.54) is 5.56 Å². The van der Waals surface area contributed by atoms with Crippen LogP contribution in [0.15, 0.2) is 77.2 Å². The highest BCUT2D eigenvalue weighted by atomic mass is 16.5. The third-order valence-corrected chi connectivity index (χ3v) is 6.65. The summed E-state index contributed by atoms with van der Waals surface area (Å²) in [7, 11) is 0. The third-order valence-electron chi connectivity index (χ3n) is 6.65. The number of ether oxygens (including phenoxy) is 2. The number of hydrogen-bond donors (Lipinski definition) is 1. The van der Waals surface area contributed by atoms with Gasteiger partial charge in [-0.3, -0.25) is 0 Å². The van der Waals surface area contributed by atoms with E-state index < -0.39 is 0 Å². The Morgan fingerprint density at radius 2 is 1.69 bits per heavy atom. The number of rotatable bonds is 9. The van der Waals surface area contributed by atoms with Gasteiger partial charge < -0.3 is 19.0 Å². The van der Waals surface area contributed by atoms with Crippen LogP contribution >= 0.6 is 0 Å². The van der Waals surface area contributed by atoms with Crippen LogP contribution in [0.1, 0.15) is 42.7 Å². The summed E-state index contributed by atoms with van der Waals surface area (Å²) in [5.74, 6) is 2.86. The van der Waals surface area contributed by atoms with Crippen molar-refractivity contribution < 1.29 is 19.0 Å². The molecule has 0 atom stereocenters. The minimum atomic E-state index is 0.231. The number of allylic oxidation sites excluding steroid dienone is 3. The Morgan fingerprint density at radius 1 is 0.889 bits per heavy atom. The average molecular weight is 481 g/mol. The number of benzene rings is 3. The summed E-state index contributed by atoms with van der Waals surface area (Å²) in [6.45, 7) is 5.31. The maximum absolute atomic E-state index is 10.6. The van der Waals surface area contributed by atoms with Crippen molar-refractivity contribution in [1.82, 2.24) is 0 Å². The summed E-state index contributed by atoms with van der Waals surface area (Å²) in [5.41, 5.74) is 6.15. The van der Waals surface area contributed by atoms with Gasteiger partial charge in [0.2, 0.25) is 0 Å². The van der Waals surface area contributed by atoms with Crippen LogP contribution in [0.25, 0.3) is 28.2 Å². The second-order valence-corrected chi connectivity index (χ2v) is 8.95. The van der Waals surface area contributed by atoms with Crippen LogP contribution in [0.5, 0.6) is 17.2 Å². The summed E-state index contributed by atoms with van der Waals surface area (Å²) in [5, 5.41) is 11.8. The van der Waals surface area contributed by atoms with E-state index in [9.17, 15) is 5.11 Å². The Hall–Kier alpha value is -3.92. The highest BCUT2D eigenvalue weighted by molar-refractivity contribution is 5.93. The molecule has 1 heterocycles. The predicted molar refractivity (Wildman–Crippen MR) is 146 cm³/mol. The van der Waals surface area contributed by atoms with E-state index >= 15 is 0 Å². The van der Waals surface area contributed by atoms with Crippen molar-refractivity contribution in [1.29, 1.82) is 0 Å². The summed E-state index contributed by atoms with van der Waals surface area (Å²) in [6.07, 6.45) is 11.6. The van der Waals surface area contributed by atoms with Crippen LogP contribution < -0.4 is 9.47 Å². The van der Waals surface area contributed by atoms with Gasteiger partial charge in [0.25, 0.3) is 0 Å². The molecule has 0 spiro atoms. The van der Waals surface area contributed by atoms with E-state index in [0.29, 0.717) is 13.2 Å². The van der Waals surface area contributed by atoms with Crippen LogP contribution in [0.2, 0.25) is 0 Å². The largest absolute Gasteiger partial charge is 0.507 e. The van der Waals surface area contributed by atoms with Gasteiger partial charge in [0.1, 0.15) is 28.6 Å². The highest BCUT2D eigenvalue weighted by Gasteiger charge is 2.18. The Labute approximate surface area is 212 Å². The fourth-order valence-corrected chi connectivity index (χ4v) is 4.83. The fraction of sp³-hybridized carbons (Fsp3) is 0.250. The number of furan rings is 1. The molecule has 0 fully saturated rings. The lowest BCUT2D eigenvalue weighted by molar-refractivity contribution is 0.245. The lowest BCUT2D eigenvalue weighted by atomic mass is 10.00. The van der Waals surface area contributed by atoms with Gasteiger partial charge in [-0.25, -0.2) is 0 Å². The van der Waals surface area contributed by atoms with Gasteiger partial charge in [-0.2, -0.15) is 0 Å². The maximum Gasteiger partial charge on any atom is 0.135 e. The van der Waals surface area contributed by atoms with Gasteiger partial charge in [-0.05, 0) is 42.2 Å². The Morgan fingerprint density at radius 3 is 2.47 bits per heavy atom. The molecule has 0 aliphatic heterocycles. The first-order chi connectivity index (χ1) is 17.7. The molecule has 184 valence electrons. The van der Waals surface area contributed by atoms with Gasteiger partial charge in [0.15, 0.2) is 0 Å². The molecule has 0 saturated heterocycles. The van der Waals surface area contributed by atoms with Gasteiger partial charge in [0.05, 0.1) is 13.2 Å². The molecule has 5 rings (SSSR count). The number of phenolic OH excluding ortho intramolecular Hbond substituents is 1. The summed E-state index contributed by atoms with van der Waals surface area (Å²) >= 11 is 0. The van der Waals surface area contributed by atoms with E-state index in [1.807, 2.05) is 48.5 Å². The Bertz CT molecular complexity index is 1410. The topological polar surface area (TPSA) is 51.8 Å². The lowest BCUT2D eigenvalue weighted by Gasteiger charge is -2.15. The van der Waals surface area contributed by atoms with Gasteiger partial charge in [-0.1, -0.05) is 68.5 Å². The van der Waals surface area contributed by atoms with Crippen LogP contribution in [0.4, 0.5) is 0 Å². The van der Waals surface area contributed by atoms with Crippen molar-refractivity contribution >= 4 is 17.0 Å². The van der Waals surface area contributed by atoms with Gasteiger partial charge >= 0.3 is 0 Å². The molecule has 1 aliphatic carbocycles. The number of phenols is 1. The van der Waals surface area contributed by atoms with Gasteiger partial charge in [-0.15, -0.1) is 0 Å². The molecule has 1 aromatic heterocycles. The molecule has 1 N–H and O–H groups in total. The minimum Gasteiger partial charge on any atom is -0.507 e. The first kappa shape index (κ1) is 23.8. The summed E-state index contributed by atoms with van der Waals surface area (Å²) < 4.78 is 18.4. The van der Waals surface area contributed by atoms with E-state index in [4.69, 9.17) is 13.9 Å². The van der Waals surface area contributed by atoms with E-state index in [1.54, 1.807) is 6.07 Å². The molecule has 0 saturated carbocycles. The Kier molecular flexibility index (Phi) is 7.13. The molecule has 0 bridgehead atoms. The zero-order valence-corrected chi connectivity index (χ0v) is 20.9. The second kappa shape index (κ2) is 10.8.